The van der Waals surface area contributed by atoms with Crippen LogP contribution >= 0.6 is 0 Å². The molecular formula is C14H22N2O3S. The Labute approximate surface area is 120 Å². The third-order valence-electron chi connectivity index (χ3n) is 2.97. The van der Waals surface area contributed by atoms with Gasteiger partial charge in [-0.15, -0.1) is 0 Å². The summed E-state index contributed by atoms with van der Waals surface area (Å²) in [5.74, 6) is -0.108. The minimum atomic E-state index is -3.17. The molecule has 0 bridgehead atoms. The van der Waals surface area contributed by atoms with Crippen molar-refractivity contribution in [2.24, 2.45) is 5.92 Å². The van der Waals surface area contributed by atoms with Crippen molar-refractivity contribution in [1.82, 2.24) is 10.6 Å². The van der Waals surface area contributed by atoms with Crippen LogP contribution in [-0.2, 0) is 21.2 Å². The van der Waals surface area contributed by atoms with Crippen LogP contribution in [0.25, 0.3) is 0 Å². The normalized spacial score (nSPS) is 12.9. The van der Waals surface area contributed by atoms with Gasteiger partial charge in [0.1, 0.15) is 0 Å². The van der Waals surface area contributed by atoms with Gasteiger partial charge in [-0.1, -0.05) is 26.0 Å². The fraction of sp³-hybridized carbons (Fsp3) is 0.500. The van der Waals surface area contributed by atoms with Crippen molar-refractivity contribution in [2.45, 2.75) is 25.3 Å². The minimum absolute atomic E-state index is 0.0156. The zero-order chi connectivity index (χ0) is 15.2. The Bertz CT molecular complexity index is 538. The molecule has 1 atom stereocenters. The van der Waals surface area contributed by atoms with Gasteiger partial charge in [0.2, 0.25) is 5.91 Å². The Balaban J connectivity index is 2.52. The molecule has 6 heteroatoms. The van der Waals surface area contributed by atoms with Crippen LogP contribution in [0.4, 0.5) is 0 Å². The van der Waals surface area contributed by atoms with Crippen LogP contribution in [0.1, 0.15) is 19.4 Å². The minimum Gasteiger partial charge on any atom is -0.352 e. The first-order chi connectivity index (χ1) is 9.34. The zero-order valence-electron chi connectivity index (χ0n) is 12.1. The largest absolute Gasteiger partial charge is 0.352 e. The van der Waals surface area contributed by atoms with Gasteiger partial charge in [-0.3, -0.25) is 4.79 Å². The molecule has 1 rings (SSSR count). The quantitative estimate of drug-likeness (QED) is 0.786. The van der Waals surface area contributed by atoms with E-state index in [1.165, 1.54) is 6.26 Å². The van der Waals surface area contributed by atoms with E-state index in [0.29, 0.717) is 13.1 Å². The number of benzene rings is 1. The van der Waals surface area contributed by atoms with Crippen LogP contribution in [0.3, 0.4) is 0 Å². The van der Waals surface area contributed by atoms with Gasteiger partial charge in [-0.2, -0.15) is 0 Å². The van der Waals surface area contributed by atoms with Crippen LogP contribution in [0, 0.1) is 5.92 Å². The molecule has 1 unspecified atom stereocenters. The van der Waals surface area contributed by atoms with Crippen LogP contribution in [0.5, 0.6) is 0 Å². The number of rotatable bonds is 7. The average Bonchev–Trinajstić information content (AvgIpc) is 2.41. The molecule has 20 heavy (non-hydrogen) atoms. The van der Waals surface area contributed by atoms with E-state index in [9.17, 15) is 13.2 Å². The fourth-order valence-electron chi connectivity index (χ4n) is 1.67. The Hall–Kier alpha value is -1.40. The first kappa shape index (κ1) is 16.7. The summed E-state index contributed by atoms with van der Waals surface area (Å²) >= 11 is 0. The Morgan fingerprint density at radius 2 is 1.85 bits per heavy atom. The van der Waals surface area contributed by atoms with Crippen LogP contribution < -0.4 is 10.6 Å². The Morgan fingerprint density at radius 1 is 1.25 bits per heavy atom. The topological polar surface area (TPSA) is 75.3 Å². The monoisotopic (exact) mass is 298 g/mol. The molecule has 0 heterocycles. The second-order valence-electron chi connectivity index (χ2n) is 4.84. The maximum absolute atomic E-state index is 11.8. The van der Waals surface area contributed by atoms with Gasteiger partial charge >= 0.3 is 0 Å². The third-order valence-corrected chi connectivity index (χ3v) is 4.09. The molecule has 5 nitrogen and oxygen atoms in total. The van der Waals surface area contributed by atoms with Crippen LogP contribution in [0.15, 0.2) is 29.2 Å². The predicted octanol–water partition coefficient (Wildman–Crippen LogP) is 0.952. The summed E-state index contributed by atoms with van der Waals surface area (Å²) in [5.41, 5.74) is 0.876. The summed E-state index contributed by atoms with van der Waals surface area (Å²) in [6.07, 6.45) is 1.17. The van der Waals surface area contributed by atoms with E-state index in [1.807, 2.05) is 13.8 Å². The van der Waals surface area contributed by atoms with Gasteiger partial charge in [0, 0.05) is 25.3 Å². The van der Waals surface area contributed by atoms with Crippen LogP contribution in [0.2, 0.25) is 0 Å². The van der Waals surface area contributed by atoms with E-state index < -0.39 is 9.84 Å². The number of hydrogen-bond donors (Lipinski definition) is 2. The first-order valence-electron chi connectivity index (χ1n) is 6.62. The molecule has 0 aromatic heterocycles. The summed E-state index contributed by atoms with van der Waals surface area (Å²) in [4.78, 5) is 12.1. The maximum Gasteiger partial charge on any atom is 0.224 e. The summed E-state index contributed by atoms with van der Waals surface area (Å²) in [6, 6.07) is 6.54. The van der Waals surface area contributed by atoms with Gasteiger partial charge in [-0.05, 0) is 24.2 Å². The number of nitrogens with one attached hydrogen (secondary N) is 2. The number of carbonyl (C=O) groups is 1. The Kier molecular flexibility index (Phi) is 6.16. The molecule has 0 aliphatic carbocycles. The van der Waals surface area contributed by atoms with Gasteiger partial charge in [-0.25, -0.2) is 8.42 Å². The number of hydrogen-bond acceptors (Lipinski definition) is 4. The molecule has 1 amide bonds. The van der Waals surface area contributed by atoms with Gasteiger partial charge < -0.3 is 10.6 Å². The van der Waals surface area contributed by atoms with Gasteiger partial charge in [0.15, 0.2) is 9.84 Å². The third kappa shape index (κ3) is 5.30. The molecule has 1 aromatic rings. The maximum atomic E-state index is 11.8. The van der Waals surface area contributed by atoms with E-state index in [-0.39, 0.29) is 16.7 Å². The molecule has 1 aromatic carbocycles. The first-order valence-corrected chi connectivity index (χ1v) is 8.51. The van der Waals surface area contributed by atoms with Crippen molar-refractivity contribution in [2.75, 3.05) is 19.3 Å². The average molecular weight is 298 g/mol. The van der Waals surface area contributed by atoms with Crippen LogP contribution in [-0.4, -0.2) is 33.7 Å². The highest BCUT2D eigenvalue weighted by molar-refractivity contribution is 7.90. The summed E-state index contributed by atoms with van der Waals surface area (Å²) < 4.78 is 22.6. The Morgan fingerprint density at radius 3 is 2.35 bits per heavy atom. The lowest BCUT2D eigenvalue weighted by Crippen LogP contribution is -2.34. The molecule has 2 N–H and O–H groups in total. The molecule has 0 saturated carbocycles. The molecule has 0 aliphatic rings. The summed E-state index contributed by atoms with van der Waals surface area (Å²) in [6.45, 7) is 5.75. The molecule has 0 radical (unpaired) electrons. The van der Waals surface area contributed by atoms with E-state index in [1.54, 1.807) is 24.3 Å². The highest BCUT2D eigenvalue weighted by Gasteiger charge is 2.11. The van der Waals surface area contributed by atoms with Crippen molar-refractivity contribution < 1.29 is 13.2 Å². The molecule has 112 valence electrons. The number of amides is 1. The zero-order valence-corrected chi connectivity index (χ0v) is 13.0. The van der Waals surface area contributed by atoms with Crippen molar-refractivity contribution in [3.8, 4) is 0 Å². The second-order valence-corrected chi connectivity index (χ2v) is 6.86. The lowest BCUT2D eigenvalue weighted by atomic mass is 10.1. The van der Waals surface area contributed by atoms with E-state index >= 15 is 0 Å². The lowest BCUT2D eigenvalue weighted by Gasteiger charge is -2.12. The van der Waals surface area contributed by atoms with E-state index in [0.717, 1.165) is 12.1 Å². The summed E-state index contributed by atoms with van der Waals surface area (Å²) in [7, 11) is -3.17. The second kappa shape index (κ2) is 7.40. The van der Waals surface area contributed by atoms with Crippen molar-refractivity contribution in [1.29, 1.82) is 0 Å². The van der Waals surface area contributed by atoms with E-state index in [2.05, 4.69) is 10.6 Å². The standard InChI is InChI=1S/C14H22N2O3S/c1-4-15-9-11(2)14(17)16-10-12-5-7-13(8-6-12)20(3,18)19/h5-8,11,15H,4,9-10H2,1-3H3,(H,16,17). The molecule has 0 saturated heterocycles. The molecule has 0 aliphatic heterocycles. The van der Waals surface area contributed by atoms with Gasteiger partial charge in [0.05, 0.1) is 4.90 Å². The highest BCUT2D eigenvalue weighted by Crippen LogP contribution is 2.10. The van der Waals surface area contributed by atoms with E-state index in [4.69, 9.17) is 0 Å². The summed E-state index contributed by atoms with van der Waals surface area (Å²) in [5, 5.41) is 5.96. The smallest absolute Gasteiger partial charge is 0.224 e. The van der Waals surface area contributed by atoms with Crippen molar-refractivity contribution >= 4 is 15.7 Å². The number of sulfone groups is 1. The van der Waals surface area contributed by atoms with Gasteiger partial charge in [0.25, 0.3) is 0 Å². The van der Waals surface area contributed by atoms with Crippen molar-refractivity contribution in [3.63, 3.8) is 0 Å². The fourth-order valence-corrected chi connectivity index (χ4v) is 2.30. The van der Waals surface area contributed by atoms with Crippen molar-refractivity contribution in [3.05, 3.63) is 29.8 Å². The molecule has 0 spiro atoms. The SMILES string of the molecule is CCNCC(C)C(=O)NCc1ccc(S(C)(=O)=O)cc1. The molecular weight excluding hydrogens is 276 g/mol. The molecule has 0 fully saturated rings. The lowest BCUT2D eigenvalue weighted by molar-refractivity contribution is -0.124. The highest BCUT2D eigenvalue weighted by atomic mass is 32.2. The predicted molar refractivity (Wildman–Crippen MR) is 79.1 cm³/mol. The number of carbonyl (C=O) groups excluding carboxylic acids is 1.